The van der Waals surface area contributed by atoms with Gasteiger partial charge in [-0.05, 0) is 25.0 Å². The maximum atomic E-state index is 13.5. The summed E-state index contributed by atoms with van der Waals surface area (Å²) in [6, 6.07) is 2.05. The van der Waals surface area contributed by atoms with Crippen LogP contribution in [0.15, 0.2) is 24.5 Å². The summed E-state index contributed by atoms with van der Waals surface area (Å²) in [7, 11) is 0. The van der Waals surface area contributed by atoms with Gasteiger partial charge in [-0.3, -0.25) is 4.79 Å². The lowest BCUT2D eigenvalue weighted by Gasteiger charge is -2.07. The van der Waals surface area contributed by atoms with Gasteiger partial charge in [0.15, 0.2) is 17.5 Å². The van der Waals surface area contributed by atoms with Crippen molar-refractivity contribution >= 4 is 17.4 Å². The van der Waals surface area contributed by atoms with E-state index in [1.165, 1.54) is 12.4 Å². The predicted molar refractivity (Wildman–Crippen MR) is 72.9 cm³/mol. The van der Waals surface area contributed by atoms with Crippen molar-refractivity contribution in [3.05, 3.63) is 47.7 Å². The first kappa shape index (κ1) is 14.3. The molecule has 5 nitrogen and oxygen atoms in total. The van der Waals surface area contributed by atoms with E-state index in [2.05, 4.69) is 20.6 Å². The molecular weight excluding hydrogens is 297 g/mol. The van der Waals surface area contributed by atoms with Crippen LogP contribution in [0, 0.1) is 17.5 Å². The lowest BCUT2D eigenvalue weighted by atomic mass is 10.2. The standard InChI is InChI=1S/C14H11F3N4O/c15-8-3-4-9(13(17)12(8)16)21-14(22)10-5-19-11(6-18-10)20-7-1-2-7/h3-7H,1-2H2,(H,19,20)(H,21,22). The molecule has 0 atom stereocenters. The van der Waals surface area contributed by atoms with Crippen molar-refractivity contribution in [2.24, 2.45) is 0 Å². The number of carbonyl (C=O) groups excluding carboxylic acids is 1. The molecule has 8 heteroatoms. The quantitative estimate of drug-likeness (QED) is 0.852. The second-order valence-electron chi connectivity index (χ2n) is 4.88. The van der Waals surface area contributed by atoms with Gasteiger partial charge in [0.1, 0.15) is 11.5 Å². The van der Waals surface area contributed by atoms with Gasteiger partial charge in [-0.2, -0.15) is 0 Å². The Balaban J connectivity index is 1.72. The molecule has 1 aliphatic carbocycles. The Labute approximate surface area is 123 Å². The van der Waals surface area contributed by atoms with E-state index in [9.17, 15) is 18.0 Å². The van der Waals surface area contributed by atoms with Gasteiger partial charge < -0.3 is 10.6 Å². The van der Waals surface area contributed by atoms with Crippen LogP contribution in [0.4, 0.5) is 24.7 Å². The van der Waals surface area contributed by atoms with Crippen LogP contribution >= 0.6 is 0 Å². The molecule has 0 unspecified atom stereocenters. The lowest BCUT2D eigenvalue weighted by Crippen LogP contribution is -2.16. The van der Waals surface area contributed by atoms with Crippen molar-refractivity contribution in [2.45, 2.75) is 18.9 Å². The molecule has 2 N–H and O–H groups in total. The molecule has 0 aliphatic heterocycles. The van der Waals surface area contributed by atoms with Crippen molar-refractivity contribution in [3.8, 4) is 0 Å². The van der Waals surface area contributed by atoms with Gasteiger partial charge in [0.05, 0.1) is 18.1 Å². The van der Waals surface area contributed by atoms with E-state index in [4.69, 9.17) is 0 Å². The highest BCUT2D eigenvalue weighted by molar-refractivity contribution is 6.02. The average Bonchev–Trinajstić information content (AvgIpc) is 3.32. The molecule has 1 heterocycles. The molecule has 1 amide bonds. The number of hydrogen-bond acceptors (Lipinski definition) is 4. The fourth-order valence-corrected chi connectivity index (χ4v) is 1.77. The van der Waals surface area contributed by atoms with Gasteiger partial charge in [0, 0.05) is 6.04 Å². The molecule has 0 saturated heterocycles. The minimum Gasteiger partial charge on any atom is -0.366 e. The summed E-state index contributed by atoms with van der Waals surface area (Å²) in [6.45, 7) is 0. The monoisotopic (exact) mass is 308 g/mol. The highest BCUT2D eigenvalue weighted by Crippen LogP contribution is 2.23. The molecule has 0 spiro atoms. The zero-order valence-corrected chi connectivity index (χ0v) is 11.2. The Kier molecular flexibility index (Phi) is 3.66. The fourth-order valence-electron chi connectivity index (χ4n) is 1.77. The number of nitrogens with zero attached hydrogens (tertiary/aromatic N) is 2. The SMILES string of the molecule is O=C(Nc1ccc(F)c(F)c1F)c1cnc(NC2CC2)cn1. The van der Waals surface area contributed by atoms with Gasteiger partial charge in [-0.25, -0.2) is 23.1 Å². The molecule has 1 aliphatic rings. The van der Waals surface area contributed by atoms with E-state index in [0.717, 1.165) is 25.0 Å². The average molecular weight is 308 g/mol. The number of anilines is 2. The van der Waals surface area contributed by atoms with E-state index < -0.39 is 29.0 Å². The van der Waals surface area contributed by atoms with Crippen molar-refractivity contribution in [1.82, 2.24) is 9.97 Å². The van der Waals surface area contributed by atoms with Crippen LogP contribution < -0.4 is 10.6 Å². The second-order valence-corrected chi connectivity index (χ2v) is 4.88. The van der Waals surface area contributed by atoms with Crippen LogP contribution in [0.25, 0.3) is 0 Å². The van der Waals surface area contributed by atoms with Crippen LogP contribution in [-0.2, 0) is 0 Å². The summed E-state index contributed by atoms with van der Waals surface area (Å²) < 4.78 is 39.4. The van der Waals surface area contributed by atoms with Crippen LogP contribution in [0.2, 0.25) is 0 Å². The Morgan fingerprint density at radius 2 is 1.86 bits per heavy atom. The normalized spacial score (nSPS) is 13.8. The zero-order valence-electron chi connectivity index (χ0n) is 11.2. The van der Waals surface area contributed by atoms with Crippen molar-refractivity contribution < 1.29 is 18.0 Å². The van der Waals surface area contributed by atoms with Crippen molar-refractivity contribution in [1.29, 1.82) is 0 Å². The molecule has 2 aromatic rings. The molecule has 3 rings (SSSR count). The molecule has 1 saturated carbocycles. The van der Waals surface area contributed by atoms with Crippen LogP contribution in [0.5, 0.6) is 0 Å². The van der Waals surface area contributed by atoms with E-state index >= 15 is 0 Å². The number of amides is 1. The fraction of sp³-hybridized carbons (Fsp3) is 0.214. The van der Waals surface area contributed by atoms with Gasteiger partial charge >= 0.3 is 0 Å². The van der Waals surface area contributed by atoms with Crippen molar-refractivity contribution in [2.75, 3.05) is 10.6 Å². The lowest BCUT2D eigenvalue weighted by molar-refractivity contribution is 0.102. The van der Waals surface area contributed by atoms with E-state index in [1.54, 1.807) is 0 Å². The number of carbonyl (C=O) groups is 1. The van der Waals surface area contributed by atoms with Crippen LogP contribution in [0.3, 0.4) is 0 Å². The predicted octanol–water partition coefficient (Wildman–Crippen LogP) is 2.72. The molecule has 114 valence electrons. The minimum absolute atomic E-state index is 0.0644. The van der Waals surface area contributed by atoms with E-state index in [0.29, 0.717) is 11.9 Å². The maximum absolute atomic E-state index is 13.5. The third-order valence-electron chi connectivity index (χ3n) is 3.10. The largest absolute Gasteiger partial charge is 0.366 e. The maximum Gasteiger partial charge on any atom is 0.275 e. The zero-order chi connectivity index (χ0) is 15.7. The third kappa shape index (κ3) is 3.00. The Morgan fingerprint density at radius 3 is 2.50 bits per heavy atom. The summed E-state index contributed by atoms with van der Waals surface area (Å²) in [6.07, 6.45) is 4.74. The number of rotatable bonds is 4. The topological polar surface area (TPSA) is 66.9 Å². The van der Waals surface area contributed by atoms with Crippen molar-refractivity contribution in [3.63, 3.8) is 0 Å². The number of halogens is 3. The number of hydrogen-bond donors (Lipinski definition) is 2. The van der Waals surface area contributed by atoms with Gasteiger partial charge in [-0.15, -0.1) is 0 Å². The third-order valence-corrected chi connectivity index (χ3v) is 3.10. The Morgan fingerprint density at radius 1 is 1.09 bits per heavy atom. The summed E-state index contributed by atoms with van der Waals surface area (Å²) in [5, 5.41) is 5.22. The highest BCUT2D eigenvalue weighted by Gasteiger charge is 2.21. The van der Waals surface area contributed by atoms with E-state index in [-0.39, 0.29) is 5.69 Å². The first-order valence-electron chi connectivity index (χ1n) is 6.58. The number of aromatic nitrogens is 2. The summed E-state index contributed by atoms with van der Waals surface area (Å²) >= 11 is 0. The molecule has 1 aromatic heterocycles. The first-order valence-corrected chi connectivity index (χ1v) is 6.58. The summed E-state index contributed by atoms with van der Waals surface area (Å²) in [5.74, 6) is -4.67. The van der Waals surface area contributed by atoms with E-state index in [1.807, 2.05) is 0 Å². The van der Waals surface area contributed by atoms with Gasteiger partial charge in [0.25, 0.3) is 5.91 Å². The van der Waals surface area contributed by atoms with Crippen LogP contribution in [0.1, 0.15) is 23.3 Å². The second kappa shape index (κ2) is 5.63. The molecular formula is C14H11F3N4O. The molecule has 22 heavy (non-hydrogen) atoms. The molecule has 1 aromatic carbocycles. The minimum atomic E-state index is -1.65. The molecule has 0 bridgehead atoms. The summed E-state index contributed by atoms with van der Waals surface area (Å²) in [4.78, 5) is 19.8. The van der Waals surface area contributed by atoms with Gasteiger partial charge in [0.2, 0.25) is 0 Å². The highest BCUT2D eigenvalue weighted by atomic mass is 19.2. The number of benzene rings is 1. The van der Waals surface area contributed by atoms with Crippen LogP contribution in [-0.4, -0.2) is 21.9 Å². The molecule has 1 fully saturated rings. The summed E-state index contributed by atoms with van der Waals surface area (Å²) in [5.41, 5.74) is -0.531. The smallest absolute Gasteiger partial charge is 0.275 e. The Hall–Kier alpha value is -2.64. The Bertz CT molecular complexity index is 717. The number of nitrogens with one attached hydrogen (secondary N) is 2. The van der Waals surface area contributed by atoms with Gasteiger partial charge in [-0.1, -0.05) is 0 Å². The first-order chi connectivity index (χ1) is 10.5. The molecule has 0 radical (unpaired) electrons.